The molecule has 0 aromatic carbocycles. The third-order valence-corrected chi connectivity index (χ3v) is 5.21. The van der Waals surface area contributed by atoms with Gasteiger partial charge in [-0.3, -0.25) is 0 Å². The average Bonchev–Trinajstić information content (AvgIpc) is 2.38. The van der Waals surface area contributed by atoms with E-state index in [0.29, 0.717) is 12.8 Å². The molecule has 21 heavy (non-hydrogen) atoms. The van der Waals surface area contributed by atoms with Crippen molar-refractivity contribution < 1.29 is 42.5 Å². The van der Waals surface area contributed by atoms with E-state index in [-0.39, 0.29) is 29.6 Å². The SMILES string of the molecule is CCCCCCCCC(CCCCCCC)S(=O)(=O)[O-].[Na+]. The van der Waals surface area contributed by atoms with Crippen molar-refractivity contribution in [3.63, 3.8) is 0 Å². The van der Waals surface area contributed by atoms with Crippen molar-refractivity contribution >= 4 is 10.1 Å². The van der Waals surface area contributed by atoms with Crippen LogP contribution in [0.3, 0.4) is 0 Å². The van der Waals surface area contributed by atoms with Gasteiger partial charge in [-0.1, -0.05) is 84.5 Å². The molecule has 0 spiro atoms. The van der Waals surface area contributed by atoms with Crippen molar-refractivity contribution in [2.24, 2.45) is 0 Å². The van der Waals surface area contributed by atoms with Gasteiger partial charge in [0.2, 0.25) is 0 Å². The second kappa shape index (κ2) is 15.8. The minimum Gasteiger partial charge on any atom is -0.748 e. The van der Waals surface area contributed by atoms with Crippen LogP contribution in [0.4, 0.5) is 0 Å². The van der Waals surface area contributed by atoms with Gasteiger partial charge >= 0.3 is 29.6 Å². The molecule has 1 unspecified atom stereocenters. The Kier molecular flexibility index (Phi) is 18.2. The Hall–Kier alpha value is 0.910. The van der Waals surface area contributed by atoms with Crippen molar-refractivity contribution in [2.75, 3.05) is 0 Å². The van der Waals surface area contributed by atoms with Crippen LogP contribution in [0.15, 0.2) is 0 Å². The maximum absolute atomic E-state index is 11.3. The fourth-order valence-electron chi connectivity index (χ4n) is 2.56. The summed E-state index contributed by atoms with van der Waals surface area (Å²) in [5.74, 6) is 0. The summed E-state index contributed by atoms with van der Waals surface area (Å²) >= 11 is 0. The maximum Gasteiger partial charge on any atom is 1.00 e. The van der Waals surface area contributed by atoms with Crippen LogP contribution in [0.2, 0.25) is 0 Å². The number of hydrogen-bond donors (Lipinski definition) is 0. The van der Waals surface area contributed by atoms with Gasteiger partial charge in [0.1, 0.15) is 0 Å². The van der Waals surface area contributed by atoms with Crippen molar-refractivity contribution in [3.05, 3.63) is 0 Å². The van der Waals surface area contributed by atoms with Gasteiger partial charge in [0, 0.05) is 5.25 Å². The van der Waals surface area contributed by atoms with Crippen LogP contribution in [0.5, 0.6) is 0 Å². The molecule has 0 heterocycles. The molecule has 0 fully saturated rings. The first kappa shape index (κ1) is 24.2. The third-order valence-electron chi connectivity index (χ3n) is 3.92. The molecule has 0 aliphatic heterocycles. The van der Waals surface area contributed by atoms with Gasteiger partial charge in [-0.2, -0.15) is 0 Å². The number of unbranched alkanes of at least 4 members (excludes halogenated alkanes) is 9. The van der Waals surface area contributed by atoms with Gasteiger partial charge in [-0.05, 0) is 12.8 Å². The summed E-state index contributed by atoms with van der Waals surface area (Å²) in [6.07, 6.45) is 13.4. The van der Waals surface area contributed by atoms with E-state index in [2.05, 4.69) is 13.8 Å². The number of hydrogen-bond acceptors (Lipinski definition) is 3. The zero-order valence-corrected chi connectivity index (χ0v) is 17.2. The van der Waals surface area contributed by atoms with Gasteiger partial charge in [0.15, 0.2) is 0 Å². The molecular weight excluding hydrogens is 295 g/mol. The molecular formula is C16H33NaO3S. The quantitative estimate of drug-likeness (QED) is 0.278. The van der Waals surface area contributed by atoms with E-state index in [0.717, 1.165) is 38.5 Å². The summed E-state index contributed by atoms with van der Waals surface area (Å²) < 4.78 is 33.8. The first-order chi connectivity index (χ1) is 9.52. The standard InChI is InChI=1S/C16H34O3S.Na/c1-3-5-7-9-11-13-15-16(20(17,18)19)14-12-10-8-6-4-2;/h16H,3-15H2,1-2H3,(H,17,18,19);/q;+1/p-1. The summed E-state index contributed by atoms with van der Waals surface area (Å²) in [4.78, 5) is 0. The Balaban J connectivity index is 0. The molecule has 0 aromatic rings. The van der Waals surface area contributed by atoms with Crippen LogP contribution in [-0.4, -0.2) is 18.2 Å². The molecule has 3 nitrogen and oxygen atoms in total. The van der Waals surface area contributed by atoms with Gasteiger partial charge < -0.3 is 4.55 Å². The summed E-state index contributed by atoms with van der Waals surface area (Å²) in [5, 5.41) is -0.643. The van der Waals surface area contributed by atoms with Crippen molar-refractivity contribution in [2.45, 2.75) is 103 Å². The zero-order chi connectivity index (χ0) is 15.3. The normalized spacial score (nSPS) is 12.9. The molecule has 0 rings (SSSR count). The van der Waals surface area contributed by atoms with E-state index >= 15 is 0 Å². The Morgan fingerprint density at radius 2 is 1.05 bits per heavy atom. The third kappa shape index (κ3) is 15.6. The monoisotopic (exact) mass is 328 g/mol. The maximum atomic E-state index is 11.3. The van der Waals surface area contributed by atoms with Gasteiger partial charge in [0.25, 0.3) is 0 Å². The summed E-state index contributed by atoms with van der Waals surface area (Å²) in [6, 6.07) is 0. The summed E-state index contributed by atoms with van der Waals surface area (Å²) in [5.41, 5.74) is 0. The van der Waals surface area contributed by atoms with Crippen LogP contribution >= 0.6 is 0 Å². The smallest absolute Gasteiger partial charge is 0.748 e. The van der Waals surface area contributed by atoms with Crippen LogP contribution < -0.4 is 29.6 Å². The Morgan fingerprint density at radius 1 is 0.714 bits per heavy atom. The molecule has 0 bridgehead atoms. The second-order valence-electron chi connectivity index (χ2n) is 5.87. The minimum absolute atomic E-state index is 0. The molecule has 5 heteroatoms. The van der Waals surface area contributed by atoms with E-state index in [1.54, 1.807) is 0 Å². The first-order valence-corrected chi connectivity index (χ1v) is 9.94. The predicted molar refractivity (Wildman–Crippen MR) is 84.9 cm³/mol. The molecule has 0 amide bonds. The van der Waals surface area contributed by atoms with Crippen LogP contribution in [0.1, 0.15) is 97.3 Å². The van der Waals surface area contributed by atoms with Crippen LogP contribution in [-0.2, 0) is 10.1 Å². The van der Waals surface area contributed by atoms with Gasteiger partial charge in [0.05, 0.1) is 10.1 Å². The molecule has 0 radical (unpaired) electrons. The molecule has 0 saturated carbocycles. The molecule has 122 valence electrons. The zero-order valence-electron chi connectivity index (χ0n) is 14.4. The topological polar surface area (TPSA) is 57.2 Å². The molecule has 1 atom stereocenters. The van der Waals surface area contributed by atoms with Crippen LogP contribution in [0.25, 0.3) is 0 Å². The Bertz CT molecular complexity index is 305. The fourth-order valence-corrected chi connectivity index (χ4v) is 3.47. The van der Waals surface area contributed by atoms with Gasteiger partial charge in [-0.25, -0.2) is 8.42 Å². The van der Waals surface area contributed by atoms with Crippen molar-refractivity contribution in [1.82, 2.24) is 0 Å². The van der Waals surface area contributed by atoms with Gasteiger partial charge in [-0.15, -0.1) is 0 Å². The predicted octanol–water partition coefficient (Wildman–Crippen LogP) is 2.02. The average molecular weight is 328 g/mol. The Morgan fingerprint density at radius 3 is 1.38 bits per heavy atom. The molecule has 0 aromatic heterocycles. The van der Waals surface area contributed by atoms with E-state index in [1.165, 1.54) is 32.1 Å². The molecule has 0 aliphatic carbocycles. The largest absolute Gasteiger partial charge is 1.00 e. The fraction of sp³-hybridized carbons (Fsp3) is 1.00. The first-order valence-electron chi connectivity index (χ1n) is 8.47. The van der Waals surface area contributed by atoms with Crippen molar-refractivity contribution in [3.8, 4) is 0 Å². The van der Waals surface area contributed by atoms with Crippen LogP contribution in [0, 0.1) is 0 Å². The van der Waals surface area contributed by atoms with E-state index in [9.17, 15) is 13.0 Å². The minimum atomic E-state index is -4.11. The summed E-state index contributed by atoms with van der Waals surface area (Å²) in [6.45, 7) is 4.34. The molecule has 0 N–H and O–H groups in total. The Labute approximate surface area is 154 Å². The van der Waals surface area contributed by atoms with E-state index in [1.807, 2.05) is 0 Å². The van der Waals surface area contributed by atoms with E-state index in [4.69, 9.17) is 0 Å². The summed E-state index contributed by atoms with van der Waals surface area (Å²) in [7, 11) is -4.11. The number of rotatable bonds is 14. The second-order valence-corrected chi connectivity index (χ2v) is 7.53. The van der Waals surface area contributed by atoms with E-state index < -0.39 is 15.4 Å². The molecule has 0 saturated heterocycles. The molecule has 0 aliphatic rings. The van der Waals surface area contributed by atoms with Crippen molar-refractivity contribution in [1.29, 1.82) is 0 Å².